The molecule has 0 spiro atoms. The number of rotatable bonds is 7. The van der Waals surface area contributed by atoms with Gasteiger partial charge < -0.3 is 20.1 Å². The standard InChI is InChI=1S/C22H20N2O4/c1-23-22(26)16-7-5-11-19(13-16)27-15-21(25)24-17-8-6-12-20(14-17)28-18-9-3-2-4-10-18/h2-14H,15H2,1H3,(H,23,26)(H,24,25). The molecule has 6 heteroatoms. The van der Waals surface area contributed by atoms with Crippen LogP contribution in [0, 0.1) is 0 Å². The predicted octanol–water partition coefficient (Wildman–Crippen LogP) is 3.86. The Bertz CT molecular complexity index is 958. The summed E-state index contributed by atoms with van der Waals surface area (Å²) in [5, 5.41) is 5.31. The zero-order valence-corrected chi connectivity index (χ0v) is 15.3. The van der Waals surface area contributed by atoms with Crippen LogP contribution >= 0.6 is 0 Å². The Hall–Kier alpha value is -3.80. The van der Waals surface area contributed by atoms with E-state index in [1.807, 2.05) is 36.4 Å². The van der Waals surface area contributed by atoms with Crippen molar-refractivity contribution in [3.63, 3.8) is 0 Å². The minimum Gasteiger partial charge on any atom is -0.484 e. The Labute approximate surface area is 163 Å². The van der Waals surface area contributed by atoms with E-state index in [0.29, 0.717) is 28.5 Å². The van der Waals surface area contributed by atoms with Crippen molar-refractivity contribution in [3.05, 3.63) is 84.4 Å². The minimum absolute atomic E-state index is 0.180. The SMILES string of the molecule is CNC(=O)c1cccc(OCC(=O)Nc2cccc(Oc3ccccc3)c2)c1. The molecule has 0 aliphatic carbocycles. The molecule has 3 aromatic carbocycles. The first-order valence-corrected chi connectivity index (χ1v) is 8.72. The van der Waals surface area contributed by atoms with Crippen molar-refractivity contribution in [1.82, 2.24) is 5.32 Å². The monoisotopic (exact) mass is 376 g/mol. The van der Waals surface area contributed by atoms with Crippen molar-refractivity contribution in [2.45, 2.75) is 0 Å². The molecule has 3 rings (SSSR count). The Balaban J connectivity index is 1.56. The quantitative estimate of drug-likeness (QED) is 0.657. The normalized spacial score (nSPS) is 10.0. The Morgan fingerprint density at radius 2 is 1.54 bits per heavy atom. The Morgan fingerprint density at radius 1 is 0.821 bits per heavy atom. The van der Waals surface area contributed by atoms with Crippen molar-refractivity contribution < 1.29 is 19.1 Å². The molecule has 2 N–H and O–H groups in total. The molecule has 3 aromatic rings. The molecular formula is C22H20N2O4. The van der Waals surface area contributed by atoms with E-state index in [1.54, 1.807) is 49.5 Å². The highest BCUT2D eigenvalue weighted by Crippen LogP contribution is 2.23. The van der Waals surface area contributed by atoms with Crippen LogP contribution in [0.1, 0.15) is 10.4 Å². The second-order valence-electron chi connectivity index (χ2n) is 5.89. The van der Waals surface area contributed by atoms with Gasteiger partial charge in [0.2, 0.25) is 0 Å². The number of carbonyl (C=O) groups excluding carboxylic acids is 2. The maximum absolute atomic E-state index is 12.2. The van der Waals surface area contributed by atoms with Crippen LogP contribution in [-0.4, -0.2) is 25.5 Å². The fourth-order valence-electron chi connectivity index (χ4n) is 2.48. The van der Waals surface area contributed by atoms with Gasteiger partial charge in [-0.2, -0.15) is 0 Å². The van der Waals surface area contributed by atoms with Crippen molar-refractivity contribution in [1.29, 1.82) is 0 Å². The molecule has 2 amide bonds. The molecule has 28 heavy (non-hydrogen) atoms. The lowest BCUT2D eigenvalue weighted by atomic mass is 10.2. The largest absolute Gasteiger partial charge is 0.484 e. The van der Waals surface area contributed by atoms with Gasteiger partial charge in [0, 0.05) is 24.4 Å². The van der Waals surface area contributed by atoms with E-state index in [1.165, 1.54) is 0 Å². The third-order valence-electron chi connectivity index (χ3n) is 3.79. The van der Waals surface area contributed by atoms with Crippen LogP contribution in [0.25, 0.3) is 0 Å². The zero-order valence-electron chi connectivity index (χ0n) is 15.3. The lowest BCUT2D eigenvalue weighted by Crippen LogP contribution is -2.20. The van der Waals surface area contributed by atoms with Gasteiger partial charge in [-0.15, -0.1) is 0 Å². The van der Waals surface area contributed by atoms with Gasteiger partial charge in [-0.25, -0.2) is 0 Å². The Morgan fingerprint density at radius 3 is 2.32 bits per heavy atom. The number of hydrogen-bond acceptors (Lipinski definition) is 4. The minimum atomic E-state index is -0.317. The Kier molecular flexibility index (Phi) is 6.25. The summed E-state index contributed by atoms with van der Waals surface area (Å²) in [7, 11) is 1.55. The van der Waals surface area contributed by atoms with Gasteiger partial charge in [0.1, 0.15) is 17.2 Å². The highest BCUT2D eigenvalue weighted by atomic mass is 16.5. The highest BCUT2D eigenvalue weighted by Gasteiger charge is 2.08. The molecule has 0 aliphatic heterocycles. The molecule has 0 heterocycles. The van der Waals surface area contributed by atoms with Crippen LogP contribution in [-0.2, 0) is 4.79 Å². The number of para-hydroxylation sites is 1. The van der Waals surface area contributed by atoms with Gasteiger partial charge >= 0.3 is 0 Å². The third kappa shape index (κ3) is 5.35. The highest BCUT2D eigenvalue weighted by molar-refractivity contribution is 5.94. The summed E-state index contributed by atoms with van der Waals surface area (Å²) in [6.45, 7) is -0.180. The molecule has 142 valence electrons. The maximum Gasteiger partial charge on any atom is 0.262 e. The number of benzene rings is 3. The number of amides is 2. The van der Waals surface area contributed by atoms with Crippen LogP contribution < -0.4 is 20.1 Å². The summed E-state index contributed by atoms with van der Waals surface area (Å²) in [5.74, 6) is 1.23. The first-order chi connectivity index (χ1) is 13.6. The second-order valence-corrected chi connectivity index (χ2v) is 5.89. The summed E-state index contributed by atoms with van der Waals surface area (Å²) in [4.78, 5) is 23.8. The number of carbonyl (C=O) groups is 2. The number of anilines is 1. The lowest BCUT2D eigenvalue weighted by Gasteiger charge is -2.10. The average molecular weight is 376 g/mol. The summed E-state index contributed by atoms with van der Waals surface area (Å²) >= 11 is 0. The first kappa shape index (κ1) is 19.0. The van der Waals surface area contributed by atoms with Crippen LogP contribution in [0.4, 0.5) is 5.69 Å². The van der Waals surface area contributed by atoms with Gasteiger partial charge in [-0.1, -0.05) is 30.3 Å². The van der Waals surface area contributed by atoms with E-state index in [2.05, 4.69) is 10.6 Å². The molecule has 0 atom stereocenters. The summed E-state index contributed by atoms with van der Waals surface area (Å²) < 4.78 is 11.2. The topological polar surface area (TPSA) is 76.7 Å². The molecule has 0 aromatic heterocycles. The van der Waals surface area contributed by atoms with Gasteiger partial charge in [0.15, 0.2) is 6.61 Å². The van der Waals surface area contributed by atoms with E-state index >= 15 is 0 Å². The van der Waals surface area contributed by atoms with Gasteiger partial charge in [0.25, 0.3) is 11.8 Å². The average Bonchev–Trinajstić information content (AvgIpc) is 2.73. The molecular weight excluding hydrogens is 356 g/mol. The van der Waals surface area contributed by atoms with E-state index in [-0.39, 0.29) is 18.4 Å². The van der Waals surface area contributed by atoms with Crippen LogP contribution in [0.2, 0.25) is 0 Å². The fourth-order valence-corrected chi connectivity index (χ4v) is 2.48. The number of hydrogen-bond donors (Lipinski definition) is 2. The van der Waals surface area contributed by atoms with Gasteiger partial charge in [-0.3, -0.25) is 9.59 Å². The van der Waals surface area contributed by atoms with Crippen LogP contribution in [0.3, 0.4) is 0 Å². The fraction of sp³-hybridized carbons (Fsp3) is 0.0909. The van der Waals surface area contributed by atoms with Gasteiger partial charge in [-0.05, 0) is 42.5 Å². The molecule has 0 fully saturated rings. The van der Waals surface area contributed by atoms with Crippen LogP contribution in [0.5, 0.6) is 17.2 Å². The second kappa shape index (κ2) is 9.23. The van der Waals surface area contributed by atoms with Crippen molar-refractivity contribution >= 4 is 17.5 Å². The molecule has 0 bridgehead atoms. The van der Waals surface area contributed by atoms with Gasteiger partial charge in [0.05, 0.1) is 0 Å². The lowest BCUT2D eigenvalue weighted by molar-refractivity contribution is -0.118. The zero-order chi connectivity index (χ0) is 19.8. The number of nitrogens with one attached hydrogen (secondary N) is 2. The summed E-state index contributed by atoms with van der Waals surface area (Å²) in [6, 6.07) is 23.1. The first-order valence-electron chi connectivity index (χ1n) is 8.72. The predicted molar refractivity (Wildman–Crippen MR) is 107 cm³/mol. The summed E-state index contributed by atoms with van der Waals surface area (Å²) in [6.07, 6.45) is 0. The third-order valence-corrected chi connectivity index (χ3v) is 3.79. The molecule has 0 aliphatic rings. The smallest absolute Gasteiger partial charge is 0.262 e. The van der Waals surface area contributed by atoms with Crippen LogP contribution in [0.15, 0.2) is 78.9 Å². The number of ether oxygens (including phenoxy) is 2. The molecule has 0 saturated carbocycles. The molecule has 0 unspecified atom stereocenters. The van der Waals surface area contributed by atoms with Crippen molar-refractivity contribution in [2.75, 3.05) is 19.0 Å². The molecule has 6 nitrogen and oxygen atoms in total. The van der Waals surface area contributed by atoms with E-state index in [9.17, 15) is 9.59 Å². The van der Waals surface area contributed by atoms with E-state index in [0.717, 1.165) is 0 Å². The van der Waals surface area contributed by atoms with Crippen molar-refractivity contribution in [3.8, 4) is 17.2 Å². The maximum atomic E-state index is 12.2. The molecule has 0 radical (unpaired) electrons. The van der Waals surface area contributed by atoms with E-state index < -0.39 is 0 Å². The van der Waals surface area contributed by atoms with E-state index in [4.69, 9.17) is 9.47 Å². The molecule has 0 saturated heterocycles. The summed E-state index contributed by atoms with van der Waals surface area (Å²) in [5.41, 5.74) is 1.06. The van der Waals surface area contributed by atoms with Crippen molar-refractivity contribution in [2.24, 2.45) is 0 Å².